The maximum absolute atomic E-state index is 3.77. The molecule has 0 radical (unpaired) electrons. The summed E-state index contributed by atoms with van der Waals surface area (Å²) < 4.78 is 0. The van der Waals surface area contributed by atoms with Gasteiger partial charge in [0, 0.05) is 10.9 Å². The lowest BCUT2D eigenvalue weighted by atomic mass is 9.71. The summed E-state index contributed by atoms with van der Waals surface area (Å²) in [6.45, 7) is 8.18. The van der Waals surface area contributed by atoms with Crippen molar-refractivity contribution in [1.29, 1.82) is 0 Å². The minimum Gasteiger partial charge on any atom is -0.308 e. The summed E-state index contributed by atoms with van der Waals surface area (Å²) in [4.78, 5) is 1.61. The predicted octanol–water partition coefficient (Wildman–Crippen LogP) is 4.15. The topological polar surface area (TPSA) is 12.0 Å². The van der Waals surface area contributed by atoms with Gasteiger partial charge >= 0.3 is 0 Å². The largest absolute Gasteiger partial charge is 0.308 e. The van der Waals surface area contributed by atoms with E-state index in [9.17, 15) is 0 Å². The summed E-state index contributed by atoms with van der Waals surface area (Å²) in [5, 5.41) is 6.03. The Hall–Kier alpha value is -0.340. The van der Waals surface area contributed by atoms with Gasteiger partial charge in [-0.1, -0.05) is 20.8 Å². The van der Waals surface area contributed by atoms with Crippen LogP contribution in [0.2, 0.25) is 0 Å². The summed E-state index contributed by atoms with van der Waals surface area (Å²) in [5.74, 6) is 0. The van der Waals surface area contributed by atoms with E-state index in [1.165, 1.54) is 25.7 Å². The van der Waals surface area contributed by atoms with Crippen LogP contribution in [-0.2, 0) is 6.42 Å². The van der Waals surface area contributed by atoms with Crippen molar-refractivity contribution in [2.24, 2.45) is 5.41 Å². The van der Waals surface area contributed by atoms with Gasteiger partial charge in [0.25, 0.3) is 0 Å². The SMILES string of the molecule is CCC(CC)(CC)C1NCCc2ccsc21. The van der Waals surface area contributed by atoms with Crippen LogP contribution < -0.4 is 5.32 Å². The van der Waals surface area contributed by atoms with Gasteiger partial charge in [-0.3, -0.25) is 0 Å². The Balaban J connectivity index is 2.35. The number of hydrogen-bond acceptors (Lipinski definition) is 2. The predicted molar refractivity (Wildman–Crippen MR) is 72.1 cm³/mol. The number of rotatable bonds is 4. The fraction of sp³-hybridized carbons (Fsp3) is 0.714. The molecule has 1 aliphatic heterocycles. The fourth-order valence-electron chi connectivity index (χ4n) is 3.11. The van der Waals surface area contributed by atoms with E-state index < -0.39 is 0 Å². The van der Waals surface area contributed by atoms with Gasteiger partial charge < -0.3 is 5.32 Å². The molecule has 0 aliphatic carbocycles. The highest BCUT2D eigenvalue weighted by Gasteiger charge is 2.37. The van der Waals surface area contributed by atoms with Crippen LogP contribution in [0.3, 0.4) is 0 Å². The fourth-order valence-corrected chi connectivity index (χ4v) is 4.28. The normalized spacial score (nSPS) is 20.8. The van der Waals surface area contributed by atoms with Gasteiger partial charge in [-0.05, 0) is 54.7 Å². The second-order valence-corrected chi connectivity index (χ2v) is 5.82. The molecule has 0 bridgehead atoms. The van der Waals surface area contributed by atoms with Crippen LogP contribution in [0.5, 0.6) is 0 Å². The highest BCUT2D eigenvalue weighted by molar-refractivity contribution is 7.10. The van der Waals surface area contributed by atoms with Crippen molar-refractivity contribution in [2.45, 2.75) is 52.5 Å². The second-order valence-electron chi connectivity index (χ2n) is 4.87. The van der Waals surface area contributed by atoms with Crippen molar-refractivity contribution in [1.82, 2.24) is 5.32 Å². The minimum atomic E-state index is 0.458. The first kappa shape index (κ1) is 12.1. The Bertz CT molecular complexity index is 330. The summed E-state index contributed by atoms with van der Waals surface area (Å²) in [6, 6.07) is 2.91. The zero-order chi connectivity index (χ0) is 11.6. The third-order valence-electron chi connectivity index (χ3n) is 4.51. The molecule has 16 heavy (non-hydrogen) atoms. The van der Waals surface area contributed by atoms with E-state index in [2.05, 4.69) is 37.5 Å². The van der Waals surface area contributed by atoms with Gasteiger partial charge in [0.2, 0.25) is 0 Å². The Morgan fingerprint density at radius 3 is 2.62 bits per heavy atom. The summed E-state index contributed by atoms with van der Waals surface area (Å²) in [6.07, 6.45) is 5.03. The van der Waals surface area contributed by atoms with Crippen molar-refractivity contribution in [3.05, 3.63) is 21.9 Å². The molecular weight excluding hydrogens is 214 g/mol. The van der Waals surface area contributed by atoms with Crippen LogP contribution in [0.25, 0.3) is 0 Å². The first-order valence-electron chi connectivity index (χ1n) is 6.57. The highest BCUT2D eigenvalue weighted by atomic mass is 32.1. The molecule has 1 N–H and O–H groups in total. The zero-order valence-electron chi connectivity index (χ0n) is 10.7. The van der Waals surface area contributed by atoms with Gasteiger partial charge in [-0.15, -0.1) is 11.3 Å². The van der Waals surface area contributed by atoms with Crippen LogP contribution in [0.4, 0.5) is 0 Å². The second kappa shape index (κ2) is 4.89. The van der Waals surface area contributed by atoms with Gasteiger partial charge in [0.1, 0.15) is 0 Å². The number of nitrogens with one attached hydrogen (secondary N) is 1. The molecule has 2 rings (SSSR count). The van der Waals surface area contributed by atoms with E-state index in [0.29, 0.717) is 11.5 Å². The van der Waals surface area contributed by atoms with Gasteiger partial charge in [0.15, 0.2) is 0 Å². The molecule has 0 spiro atoms. The lowest BCUT2D eigenvalue weighted by Gasteiger charge is -2.41. The van der Waals surface area contributed by atoms with Gasteiger partial charge in [0.05, 0.1) is 0 Å². The summed E-state index contributed by atoms with van der Waals surface area (Å²) >= 11 is 1.94. The molecule has 1 aromatic rings. The maximum Gasteiger partial charge on any atom is 0.0474 e. The zero-order valence-corrected chi connectivity index (χ0v) is 11.5. The van der Waals surface area contributed by atoms with E-state index in [-0.39, 0.29) is 0 Å². The van der Waals surface area contributed by atoms with E-state index in [4.69, 9.17) is 0 Å². The van der Waals surface area contributed by atoms with Crippen LogP contribution in [0, 0.1) is 5.41 Å². The molecule has 0 fully saturated rings. The molecule has 90 valence electrons. The average molecular weight is 237 g/mol. The lowest BCUT2D eigenvalue weighted by Crippen LogP contribution is -2.40. The Labute approximate surface area is 103 Å². The standard InChI is InChI=1S/C14H23NS/c1-4-14(5-2,6-3)13-12-11(7-9-15-13)8-10-16-12/h8,10,13,15H,4-7,9H2,1-3H3. The molecule has 0 amide bonds. The molecule has 1 nitrogen and oxygen atoms in total. The first-order valence-corrected chi connectivity index (χ1v) is 7.45. The molecule has 1 aromatic heterocycles. The third-order valence-corrected chi connectivity index (χ3v) is 5.53. The molecule has 2 heteroatoms. The molecule has 0 saturated heterocycles. The van der Waals surface area contributed by atoms with Gasteiger partial charge in [-0.25, -0.2) is 0 Å². The van der Waals surface area contributed by atoms with E-state index in [1.54, 1.807) is 10.4 Å². The van der Waals surface area contributed by atoms with Crippen molar-refractivity contribution >= 4 is 11.3 Å². The molecule has 1 atom stereocenters. The summed E-state index contributed by atoms with van der Waals surface area (Å²) in [7, 11) is 0. The monoisotopic (exact) mass is 237 g/mol. The first-order chi connectivity index (χ1) is 7.77. The van der Waals surface area contributed by atoms with Crippen molar-refractivity contribution in [2.75, 3.05) is 6.54 Å². The van der Waals surface area contributed by atoms with E-state index in [0.717, 1.165) is 6.54 Å². The molecular formula is C14H23NS. The lowest BCUT2D eigenvalue weighted by molar-refractivity contribution is 0.161. The van der Waals surface area contributed by atoms with Crippen LogP contribution >= 0.6 is 11.3 Å². The number of fused-ring (bicyclic) bond motifs is 1. The smallest absolute Gasteiger partial charge is 0.0474 e. The quantitative estimate of drug-likeness (QED) is 0.829. The van der Waals surface area contributed by atoms with Crippen molar-refractivity contribution in [3.63, 3.8) is 0 Å². The highest BCUT2D eigenvalue weighted by Crippen LogP contribution is 2.46. The molecule has 2 heterocycles. The average Bonchev–Trinajstić information content (AvgIpc) is 2.81. The Kier molecular flexibility index (Phi) is 3.70. The molecule has 1 unspecified atom stereocenters. The number of hydrogen-bond donors (Lipinski definition) is 1. The van der Waals surface area contributed by atoms with Crippen molar-refractivity contribution < 1.29 is 0 Å². The maximum atomic E-state index is 3.77. The number of thiophene rings is 1. The Morgan fingerprint density at radius 1 is 1.31 bits per heavy atom. The third kappa shape index (κ3) is 1.82. The van der Waals surface area contributed by atoms with Crippen LogP contribution in [0.15, 0.2) is 11.4 Å². The summed E-state index contributed by atoms with van der Waals surface area (Å²) in [5.41, 5.74) is 2.05. The van der Waals surface area contributed by atoms with Gasteiger partial charge in [-0.2, -0.15) is 0 Å². The van der Waals surface area contributed by atoms with Crippen LogP contribution in [-0.4, -0.2) is 6.54 Å². The van der Waals surface area contributed by atoms with Crippen LogP contribution in [0.1, 0.15) is 56.5 Å². The van der Waals surface area contributed by atoms with Crippen molar-refractivity contribution in [3.8, 4) is 0 Å². The van der Waals surface area contributed by atoms with E-state index >= 15 is 0 Å². The Morgan fingerprint density at radius 2 is 2.00 bits per heavy atom. The molecule has 0 aromatic carbocycles. The molecule has 1 aliphatic rings. The minimum absolute atomic E-state index is 0.458. The molecule has 0 saturated carbocycles. The van der Waals surface area contributed by atoms with E-state index in [1.807, 2.05) is 11.3 Å².